The summed E-state index contributed by atoms with van der Waals surface area (Å²) in [6.07, 6.45) is -0.191. The van der Waals surface area contributed by atoms with Gasteiger partial charge in [0.25, 0.3) is 0 Å². The van der Waals surface area contributed by atoms with Crippen molar-refractivity contribution in [2.75, 3.05) is 11.1 Å². The molecule has 140 valence electrons. The molecule has 0 unspecified atom stereocenters. The minimum absolute atomic E-state index is 0.0690. The summed E-state index contributed by atoms with van der Waals surface area (Å²) in [5, 5.41) is 13.5. The van der Waals surface area contributed by atoms with Crippen LogP contribution < -0.4 is 5.32 Å². The molecule has 0 aliphatic carbocycles. The molecule has 0 saturated carbocycles. The first-order chi connectivity index (χ1) is 13.0. The minimum Gasteiger partial charge on any atom is -0.321 e. The van der Waals surface area contributed by atoms with E-state index in [0.717, 1.165) is 11.8 Å². The predicted octanol–water partition coefficient (Wildman–Crippen LogP) is 3.34. The highest BCUT2D eigenvalue weighted by Crippen LogP contribution is 2.25. The van der Waals surface area contributed by atoms with Gasteiger partial charge in [-0.25, -0.2) is 17.6 Å². The second-order valence-electron chi connectivity index (χ2n) is 5.20. The Morgan fingerprint density at radius 3 is 2.41 bits per heavy atom. The van der Waals surface area contributed by atoms with Crippen molar-refractivity contribution in [2.45, 2.75) is 11.6 Å². The van der Waals surface area contributed by atoms with E-state index in [1.54, 1.807) is 24.3 Å². The molecule has 0 fully saturated rings. The zero-order valence-electron chi connectivity index (χ0n) is 13.5. The number of para-hydroxylation sites is 1. The fourth-order valence-corrected chi connectivity index (χ4v) is 2.95. The summed E-state index contributed by atoms with van der Waals surface area (Å²) >= 11 is 1.13. The molecule has 0 saturated heterocycles. The van der Waals surface area contributed by atoms with E-state index in [2.05, 4.69) is 15.5 Å². The number of carbonyl (C=O) groups is 1. The van der Waals surface area contributed by atoms with Crippen LogP contribution in [-0.2, 0) is 4.79 Å². The molecule has 1 heterocycles. The van der Waals surface area contributed by atoms with Gasteiger partial charge < -0.3 is 5.32 Å². The Labute approximate surface area is 154 Å². The molecule has 1 aromatic heterocycles. The quantitative estimate of drug-likeness (QED) is 0.392. The van der Waals surface area contributed by atoms with E-state index in [1.165, 1.54) is 4.68 Å². The van der Waals surface area contributed by atoms with Crippen LogP contribution in [0.3, 0.4) is 0 Å². The first-order valence-corrected chi connectivity index (χ1v) is 8.55. The number of anilines is 1. The zero-order valence-corrected chi connectivity index (χ0v) is 14.3. The lowest BCUT2D eigenvalue weighted by Gasteiger charge is -2.09. The average molecular weight is 397 g/mol. The molecule has 27 heavy (non-hydrogen) atoms. The number of aromatic nitrogens is 4. The summed E-state index contributed by atoms with van der Waals surface area (Å²) in [5.41, 5.74) is -0.439. The van der Waals surface area contributed by atoms with Gasteiger partial charge in [0, 0.05) is 18.2 Å². The number of carbonyl (C=O) groups excluding carboxylic acids is 1. The normalized spacial score (nSPS) is 10.8. The maximum Gasteiger partial charge on any atom is 0.225 e. The third kappa shape index (κ3) is 4.25. The highest BCUT2D eigenvalue weighted by atomic mass is 32.2. The third-order valence-corrected chi connectivity index (χ3v) is 4.30. The van der Waals surface area contributed by atoms with Gasteiger partial charge in [-0.1, -0.05) is 30.0 Å². The molecule has 0 aliphatic rings. The van der Waals surface area contributed by atoms with Crippen LogP contribution in [0.5, 0.6) is 0 Å². The van der Waals surface area contributed by atoms with Crippen LogP contribution in [0.4, 0.5) is 23.2 Å². The maximum atomic E-state index is 13.6. The van der Waals surface area contributed by atoms with E-state index >= 15 is 0 Å². The van der Waals surface area contributed by atoms with Crippen LogP contribution in [0.15, 0.2) is 41.6 Å². The SMILES string of the molecule is O=C(CCSc1nnnn1-c1ccccc1)Nc1c(F)c(F)cc(F)c1F. The molecule has 11 heteroatoms. The molecule has 1 N–H and O–H groups in total. The van der Waals surface area contributed by atoms with Crippen molar-refractivity contribution in [3.05, 3.63) is 59.7 Å². The van der Waals surface area contributed by atoms with Crippen molar-refractivity contribution in [3.8, 4) is 5.69 Å². The number of tetrazole rings is 1. The number of amides is 1. The van der Waals surface area contributed by atoms with Crippen molar-refractivity contribution < 1.29 is 22.4 Å². The van der Waals surface area contributed by atoms with Gasteiger partial charge >= 0.3 is 0 Å². The van der Waals surface area contributed by atoms with Crippen molar-refractivity contribution >= 4 is 23.4 Å². The molecule has 1 amide bonds. The van der Waals surface area contributed by atoms with E-state index < -0.39 is 34.9 Å². The second kappa shape index (κ2) is 8.16. The van der Waals surface area contributed by atoms with Gasteiger partial charge in [-0.05, 0) is 22.6 Å². The van der Waals surface area contributed by atoms with Gasteiger partial charge in [-0.15, -0.1) is 5.10 Å². The summed E-state index contributed by atoms with van der Waals surface area (Å²) < 4.78 is 54.9. The lowest BCUT2D eigenvalue weighted by atomic mass is 10.2. The maximum absolute atomic E-state index is 13.6. The first kappa shape index (κ1) is 18.8. The molecule has 0 radical (unpaired) electrons. The number of benzene rings is 2. The highest BCUT2D eigenvalue weighted by Gasteiger charge is 2.21. The Hall–Kier alpha value is -2.95. The van der Waals surface area contributed by atoms with Crippen molar-refractivity contribution in [1.29, 1.82) is 0 Å². The average Bonchev–Trinajstić information content (AvgIpc) is 3.13. The molecule has 0 bridgehead atoms. The van der Waals surface area contributed by atoms with Gasteiger partial charge in [0.05, 0.1) is 5.69 Å². The highest BCUT2D eigenvalue weighted by molar-refractivity contribution is 7.99. The smallest absolute Gasteiger partial charge is 0.225 e. The molecular formula is C16H11F4N5OS. The number of halogens is 4. The lowest BCUT2D eigenvalue weighted by Crippen LogP contribution is -2.16. The van der Waals surface area contributed by atoms with Crippen LogP contribution in [-0.4, -0.2) is 31.9 Å². The van der Waals surface area contributed by atoms with Gasteiger partial charge in [-0.2, -0.15) is 4.68 Å². The van der Waals surface area contributed by atoms with Crippen molar-refractivity contribution in [1.82, 2.24) is 20.2 Å². The lowest BCUT2D eigenvalue weighted by molar-refractivity contribution is -0.115. The molecule has 2 aromatic carbocycles. The Morgan fingerprint density at radius 2 is 1.74 bits per heavy atom. The monoisotopic (exact) mass is 397 g/mol. The summed E-state index contributed by atoms with van der Waals surface area (Å²) in [6, 6.07) is 9.09. The van der Waals surface area contributed by atoms with Crippen LogP contribution in [0.1, 0.15) is 6.42 Å². The summed E-state index contributed by atoms with van der Waals surface area (Å²) in [5.74, 6) is -7.17. The van der Waals surface area contributed by atoms with Gasteiger partial charge in [0.2, 0.25) is 11.1 Å². The number of hydrogen-bond donors (Lipinski definition) is 1. The fourth-order valence-electron chi connectivity index (χ4n) is 2.12. The topological polar surface area (TPSA) is 72.7 Å². The number of nitrogens with zero attached hydrogens (tertiary/aromatic N) is 4. The van der Waals surface area contributed by atoms with E-state index in [0.29, 0.717) is 10.8 Å². The van der Waals surface area contributed by atoms with E-state index in [4.69, 9.17) is 0 Å². The molecular weight excluding hydrogens is 386 g/mol. The van der Waals surface area contributed by atoms with E-state index in [9.17, 15) is 22.4 Å². The Morgan fingerprint density at radius 1 is 1.07 bits per heavy atom. The number of nitrogens with one attached hydrogen (secondary N) is 1. The van der Waals surface area contributed by atoms with Gasteiger partial charge in [0.15, 0.2) is 23.3 Å². The van der Waals surface area contributed by atoms with Crippen molar-refractivity contribution in [3.63, 3.8) is 0 Å². The Kier molecular flexibility index (Phi) is 5.69. The van der Waals surface area contributed by atoms with Crippen LogP contribution in [0, 0.1) is 23.3 Å². The standard InChI is InChI=1S/C16H11F4N5OS/c17-10-8-11(18)14(20)15(13(10)19)21-12(26)6-7-27-16-22-23-24-25(16)9-4-2-1-3-5-9/h1-5,8H,6-7H2,(H,21,26). The number of hydrogen-bond acceptors (Lipinski definition) is 5. The molecule has 0 atom stereocenters. The second-order valence-corrected chi connectivity index (χ2v) is 6.26. The minimum atomic E-state index is -1.66. The van der Waals surface area contributed by atoms with E-state index in [1.807, 2.05) is 11.4 Å². The van der Waals surface area contributed by atoms with Gasteiger partial charge in [0.1, 0.15) is 5.69 Å². The Balaban J connectivity index is 1.61. The summed E-state index contributed by atoms with van der Waals surface area (Å²) in [4.78, 5) is 11.9. The number of rotatable bonds is 6. The van der Waals surface area contributed by atoms with E-state index in [-0.39, 0.29) is 18.2 Å². The third-order valence-electron chi connectivity index (χ3n) is 3.38. The van der Waals surface area contributed by atoms with Crippen LogP contribution in [0.25, 0.3) is 5.69 Å². The van der Waals surface area contributed by atoms with Gasteiger partial charge in [-0.3, -0.25) is 4.79 Å². The number of thioether (sulfide) groups is 1. The fraction of sp³-hybridized carbons (Fsp3) is 0.125. The molecule has 0 aliphatic heterocycles. The molecule has 3 aromatic rings. The van der Waals surface area contributed by atoms with Crippen molar-refractivity contribution in [2.24, 2.45) is 0 Å². The molecule has 0 spiro atoms. The molecule has 3 rings (SSSR count). The molecule has 6 nitrogen and oxygen atoms in total. The largest absolute Gasteiger partial charge is 0.321 e. The first-order valence-electron chi connectivity index (χ1n) is 7.57. The summed E-state index contributed by atoms with van der Waals surface area (Å²) in [7, 11) is 0. The van der Waals surface area contributed by atoms with Crippen LogP contribution >= 0.6 is 11.8 Å². The van der Waals surface area contributed by atoms with Crippen LogP contribution in [0.2, 0.25) is 0 Å². The predicted molar refractivity (Wildman–Crippen MR) is 89.4 cm³/mol. The Bertz CT molecular complexity index is 941. The summed E-state index contributed by atoms with van der Waals surface area (Å²) in [6.45, 7) is 0. The zero-order chi connectivity index (χ0) is 19.4.